The summed E-state index contributed by atoms with van der Waals surface area (Å²) in [6.45, 7) is 6.73. The van der Waals surface area contributed by atoms with Gasteiger partial charge in [-0.1, -0.05) is 367 Å². The van der Waals surface area contributed by atoms with E-state index in [1.807, 2.05) is 0 Å². The predicted octanol–water partition coefficient (Wildman–Crippen LogP) is 24.8. The summed E-state index contributed by atoms with van der Waals surface area (Å²) in [6.07, 6.45) is 82.4. The second kappa shape index (κ2) is 68.6. The molecule has 0 saturated carbocycles. The second-order valence-corrected chi connectivity index (χ2v) is 24.9. The minimum absolute atomic E-state index is 0.0641. The largest absolute Gasteiger partial charge is 0.462 e. The molecule has 0 aliphatic carbocycles. The molecule has 0 radical (unpaired) electrons. The van der Waals surface area contributed by atoms with Gasteiger partial charge in [0.2, 0.25) is 0 Å². The summed E-state index contributed by atoms with van der Waals surface area (Å²) in [7, 11) is 0. The van der Waals surface area contributed by atoms with E-state index >= 15 is 0 Å². The molecule has 0 aromatic heterocycles. The number of carbonyl (C=O) groups excluding carboxylic acids is 3. The summed E-state index contributed by atoms with van der Waals surface area (Å²) in [5.41, 5.74) is 0. The van der Waals surface area contributed by atoms with Gasteiger partial charge in [0.25, 0.3) is 0 Å². The normalized spacial score (nSPS) is 12.0. The van der Waals surface area contributed by atoms with Crippen LogP contribution in [0.25, 0.3) is 0 Å². The molecule has 0 N–H and O–H groups in total. The lowest BCUT2D eigenvalue weighted by Crippen LogP contribution is -2.30. The standard InChI is InChI=1S/C73H140O6/c1-4-7-10-13-16-19-22-25-28-31-33-35-36-37-38-40-42-45-48-51-54-57-60-63-66-72(75)78-69-70(68-77-71(74)65-62-59-56-53-50-47-44-41-30-27-24-21-18-15-12-9-6-3)79-73(76)67-64-61-58-55-52-49-46-43-39-34-32-29-26-23-20-17-14-11-8-5-2/h27,30,70H,4-26,28-29,31-69H2,1-3H3/b30-27-. The second-order valence-electron chi connectivity index (χ2n) is 24.9. The van der Waals surface area contributed by atoms with Crippen molar-refractivity contribution >= 4 is 17.9 Å². The molecular weight excluding hydrogens is 973 g/mol. The van der Waals surface area contributed by atoms with Gasteiger partial charge in [-0.2, -0.15) is 0 Å². The number of hydrogen-bond donors (Lipinski definition) is 0. The average molecular weight is 1110 g/mol. The number of ether oxygens (including phenoxy) is 3. The highest BCUT2D eigenvalue weighted by atomic mass is 16.6. The third-order valence-electron chi connectivity index (χ3n) is 16.8. The maximum Gasteiger partial charge on any atom is 0.306 e. The van der Waals surface area contributed by atoms with Gasteiger partial charge in [0, 0.05) is 19.3 Å². The number of carbonyl (C=O) groups is 3. The topological polar surface area (TPSA) is 78.9 Å². The molecule has 0 rings (SSSR count). The van der Waals surface area contributed by atoms with E-state index in [-0.39, 0.29) is 31.1 Å². The van der Waals surface area contributed by atoms with Crippen molar-refractivity contribution in [2.75, 3.05) is 13.2 Å². The number of hydrogen-bond acceptors (Lipinski definition) is 6. The zero-order valence-electron chi connectivity index (χ0n) is 53.9. The van der Waals surface area contributed by atoms with Crippen LogP contribution in [0.4, 0.5) is 0 Å². The Balaban J connectivity index is 4.26. The van der Waals surface area contributed by atoms with E-state index in [0.29, 0.717) is 19.3 Å². The molecular formula is C73H140O6. The van der Waals surface area contributed by atoms with Crippen molar-refractivity contribution in [2.24, 2.45) is 0 Å². The Morgan fingerprint density at radius 3 is 0.633 bits per heavy atom. The maximum atomic E-state index is 13.0. The lowest BCUT2D eigenvalue weighted by molar-refractivity contribution is -0.167. The van der Waals surface area contributed by atoms with Crippen LogP contribution in [-0.4, -0.2) is 37.2 Å². The van der Waals surface area contributed by atoms with Crippen LogP contribution in [-0.2, 0) is 28.6 Å². The van der Waals surface area contributed by atoms with E-state index < -0.39 is 6.10 Å². The summed E-state index contributed by atoms with van der Waals surface area (Å²) in [5, 5.41) is 0. The van der Waals surface area contributed by atoms with Crippen molar-refractivity contribution in [1.82, 2.24) is 0 Å². The van der Waals surface area contributed by atoms with Gasteiger partial charge in [0.1, 0.15) is 13.2 Å². The molecule has 0 fully saturated rings. The zero-order valence-corrected chi connectivity index (χ0v) is 53.9. The average Bonchev–Trinajstić information content (AvgIpc) is 3.45. The van der Waals surface area contributed by atoms with Crippen molar-refractivity contribution in [3.63, 3.8) is 0 Å². The van der Waals surface area contributed by atoms with Gasteiger partial charge in [-0.15, -0.1) is 0 Å². The SMILES string of the molecule is CCCCCCCC/C=C\CCCCCCCCCC(=O)OCC(COC(=O)CCCCCCCCCCCCCCCCCCCCCCCCCC)OC(=O)CCCCCCCCCCCCCCCCCCCCCC. The van der Waals surface area contributed by atoms with Crippen LogP contribution in [0, 0.1) is 0 Å². The monoisotopic (exact) mass is 1110 g/mol. The summed E-state index contributed by atoms with van der Waals surface area (Å²) in [5.74, 6) is -0.830. The van der Waals surface area contributed by atoms with Crippen LogP contribution in [0.3, 0.4) is 0 Å². The first-order valence-electron chi connectivity index (χ1n) is 36.2. The molecule has 6 heteroatoms. The zero-order chi connectivity index (χ0) is 57.1. The van der Waals surface area contributed by atoms with Gasteiger partial charge in [-0.05, 0) is 44.9 Å². The van der Waals surface area contributed by atoms with Crippen molar-refractivity contribution in [1.29, 1.82) is 0 Å². The number of unbranched alkanes of at least 4 members (excludes halogenated alkanes) is 55. The van der Waals surface area contributed by atoms with Gasteiger partial charge in [0.15, 0.2) is 6.10 Å². The van der Waals surface area contributed by atoms with Gasteiger partial charge in [-0.3, -0.25) is 14.4 Å². The van der Waals surface area contributed by atoms with Crippen molar-refractivity contribution < 1.29 is 28.6 Å². The highest BCUT2D eigenvalue weighted by Gasteiger charge is 2.19. The summed E-state index contributed by atoms with van der Waals surface area (Å²) >= 11 is 0. The highest BCUT2D eigenvalue weighted by molar-refractivity contribution is 5.71. The van der Waals surface area contributed by atoms with Crippen LogP contribution >= 0.6 is 0 Å². The fourth-order valence-corrected chi connectivity index (χ4v) is 11.3. The predicted molar refractivity (Wildman–Crippen MR) is 344 cm³/mol. The third-order valence-corrected chi connectivity index (χ3v) is 16.8. The molecule has 468 valence electrons. The number of allylic oxidation sites excluding steroid dienone is 2. The molecule has 0 spiro atoms. The molecule has 0 aromatic carbocycles. The van der Waals surface area contributed by atoms with E-state index in [4.69, 9.17) is 14.2 Å². The highest BCUT2D eigenvalue weighted by Crippen LogP contribution is 2.19. The van der Waals surface area contributed by atoms with Crippen molar-refractivity contribution in [3.05, 3.63) is 12.2 Å². The van der Waals surface area contributed by atoms with Crippen LogP contribution in [0.1, 0.15) is 419 Å². The fourth-order valence-electron chi connectivity index (χ4n) is 11.3. The Hall–Kier alpha value is -1.85. The van der Waals surface area contributed by atoms with E-state index in [1.165, 1.54) is 321 Å². The molecule has 0 aromatic rings. The van der Waals surface area contributed by atoms with Gasteiger partial charge < -0.3 is 14.2 Å². The molecule has 0 saturated heterocycles. The Morgan fingerprint density at radius 1 is 0.241 bits per heavy atom. The van der Waals surface area contributed by atoms with E-state index in [2.05, 4.69) is 32.9 Å². The Morgan fingerprint density at radius 2 is 0.418 bits per heavy atom. The molecule has 0 aliphatic rings. The molecule has 1 atom stereocenters. The van der Waals surface area contributed by atoms with Crippen molar-refractivity contribution in [3.8, 4) is 0 Å². The Kier molecular flexibility index (Phi) is 67.0. The first kappa shape index (κ1) is 77.2. The maximum absolute atomic E-state index is 13.0. The van der Waals surface area contributed by atoms with Crippen LogP contribution in [0.15, 0.2) is 12.2 Å². The van der Waals surface area contributed by atoms with Gasteiger partial charge in [-0.25, -0.2) is 0 Å². The van der Waals surface area contributed by atoms with Crippen LogP contribution in [0.2, 0.25) is 0 Å². The third kappa shape index (κ3) is 66.8. The first-order chi connectivity index (χ1) is 39.0. The van der Waals surface area contributed by atoms with Crippen LogP contribution < -0.4 is 0 Å². The molecule has 6 nitrogen and oxygen atoms in total. The minimum atomic E-state index is -0.768. The lowest BCUT2D eigenvalue weighted by atomic mass is 10.0. The first-order valence-corrected chi connectivity index (χ1v) is 36.2. The minimum Gasteiger partial charge on any atom is -0.462 e. The summed E-state index contributed by atoms with van der Waals surface area (Å²) in [6, 6.07) is 0. The summed E-state index contributed by atoms with van der Waals surface area (Å²) in [4.78, 5) is 38.5. The quantitative estimate of drug-likeness (QED) is 0.0261. The smallest absolute Gasteiger partial charge is 0.306 e. The molecule has 0 bridgehead atoms. The lowest BCUT2D eigenvalue weighted by Gasteiger charge is -2.18. The van der Waals surface area contributed by atoms with E-state index in [1.54, 1.807) is 0 Å². The van der Waals surface area contributed by atoms with Crippen molar-refractivity contribution in [2.45, 2.75) is 425 Å². The number of esters is 3. The molecule has 79 heavy (non-hydrogen) atoms. The Bertz CT molecular complexity index is 1230. The molecule has 1 unspecified atom stereocenters. The molecule has 0 amide bonds. The summed E-state index contributed by atoms with van der Waals surface area (Å²) < 4.78 is 17.0. The van der Waals surface area contributed by atoms with E-state index in [9.17, 15) is 14.4 Å². The molecule has 0 heterocycles. The van der Waals surface area contributed by atoms with Crippen LogP contribution in [0.5, 0.6) is 0 Å². The fraction of sp³-hybridized carbons (Fsp3) is 0.932. The number of rotatable bonds is 68. The molecule has 0 aliphatic heterocycles. The van der Waals surface area contributed by atoms with E-state index in [0.717, 1.165) is 57.8 Å². The Labute approximate surface area is 494 Å². The van der Waals surface area contributed by atoms with Gasteiger partial charge in [0.05, 0.1) is 0 Å². The van der Waals surface area contributed by atoms with Gasteiger partial charge >= 0.3 is 17.9 Å².